The summed E-state index contributed by atoms with van der Waals surface area (Å²) >= 11 is 0. The van der Waals surface area contributed by atoms with Crippen molar-refractivity contribution in [2.75, 3.05) is 0 Å². The molecule has 0 bridgehead atoms. The number of carbonyl (C=O) groups excluding carboxylic acids is 1. The van der Waals surface area contributed by atoms with Crippen molar-refractivity contribution in [1.29, 1.82) is 0 Å². The average Bonchev–Trinajstić information content (AvgIpc) is 2.67. The Morgan fingerprint density at radius 2 is 1.89 bits per heavy atom. The molecule has 2 aromatic rings. The number of aryl methyl sites for hydroxylation is 1. The van der Waals surface area contributed by atoms with Gasteiger partial charge in [0.1, 0.15) is 5.54 Å². The molecule has 0 radical (unpaired) electrons. The van der Waals surface area contributed by atoms with Crippen molar-refractivity contribution >= 4 is 22.8 Å². The fraction of sp³-hybridized carbons (Fsp3) is 0.286. The van der Waals surface area contributed by atoms with Gasteiger partial charge in [-0.15, -0.1) is 0 Å². The first-order valence-electron chi connectivity index (χ1n) is 5.93. The van der Waals surface area contributed by atoms with Gasteiger partial charge in [-0.1, -0.05) is 18.2 Å². The standard InChI is InChI=1S/C14H16N2O3/c1-14(2,13(18)19)15-12(17)10-8-16(3)11-7-5-4-6-9(10)11/h4-8H,1-3H3,(H,15,17)(H,18,19). The van der Waals surface area contributed by atoms with Gasteiger partial charge < -0.3 is 15.0 Å². The molecular weight excluding hydrogens is 244 g/mol. The molecule has 2 N–H and O–H groups in total. The number of hydrogen-bond donors (Lipinski definition) is 2. The van der Waals surface area contributed by atoms with Crippen molar-refractivity contribution in [3.8, 4) is 0 Å². The van der Waals surface area contributed by atoms with Crippen LogP contribution in [0.3, 0.4) is 0 Å². The molecule has 0 fully saturated rings. The molecule has 1 heterocycles. The quantitative estimate of drug-likeness (QED) is 0.883. The number of carboxylic acid groups (broad SMARTS) is 1. The number of aromatic nitrogens is 1. The number of para-hydroxylation sites is 1. The van der Waals surface area contributed by atoms with Crippen LogP contribution in [0.15, 0.2) is 30.5 Å². The molecule has 0 spiro atoms. The van der Waals surface area contributed by atoms with E-state index in [-0.39, 0.29) is 5.91 Å². The van der Waals surface area contributed by atoms with Crippen molar-refractivity contribution in [3.63, 3.8) is 0 Å². The molecule has 0 aliphatic heterocycles. The molecule has 0 saturated carbocycles. The molecule has 0 saturated heterocycles. The van der Waals surface area contributed by atoms with Crippen LogP contribution in [-0.4, -0.2) is 27.1 Å². The predicted octanol–water partition coefficient (Wildman–Crippen LogP) is 1.77. The minimum absolute atomic E-state index is 0.385. The lowest BCUT2D eigenvalue weighted by Gasteiger charge is -2.20. The molecule has 5 heteroatoms. The molecule has 1 aromatic heterocycles. The van der Waals surface area contributed by atoms with Crippen LogP contribution in [0.2, 0.25) is 0 Å². The van der Waals surface area contributed by atoms with Gasteiger partial charge in [0.15, 0.2) is 0 Å². The Kier molecular flexibility index (Phi) is 3.06. The second-order valence-electron chi connectivity index (χ2n) is 5.06. The van der Waals surface area contributed by atoms with E-state index in [1.54, 1.807) is 6.20 Å². The highest BCUT2D eigenvalue weighted by atomic mass is 16.4. The van der Waals surface area contributed by atoms with Gasteiger partial charge in [-0.3, -0.25) is 4.79 Å². The van der Waals surface area contributed by atoms with Crippen LogP contribution in [0.5, 0.6) is 0 Å². The highest BCUT2D eigenvalue weighted by Gasteiger charge is 2.30. The fourth-order valence-corrected chi connectivity index (χ4v) is 1.93. The maximum atomic E-state index is 12.2. The number of nitrogens with one attached hydrogen (secondary N) is 1. The van der Waals surface area contributed by atoms with Gasteiger partial charge >= 0.3 is 5.97 Å². The van der Waals surface area contributed by atoms with E-state index in [2.05, 4.69) is 5.32 Å². The maximum Gasteiger partial charge on any atom is 0.328 e. The summed E-state index contributed by atoms with van der Waals surface area (Å²) in [5, 5.41) is 12.4. The number of hydrogen-bond acceptors (Lipinski definition) is 2. The van der Waals surface area contributed by atoms with E-state index in [9.17, 15) is 9.59 Å². The fourth-order valence-electron chi connectivity index (χ4n) is 1.93. The van der Waals surface area contributed by atoms with E-state index in [1.807, 2.05) is 35.9 Å². The van der Waals surface area contributed by atoms with Crippen LogP contribution in [0.4, 0.5) is 0 Å². The predicted molar refractivity (Wildman–Crippen MR) is 72.1 cm³/mol. The monoisotopic (exact) mass is 260 g/mol. The van der Waals surface area contributed by atoms with E-state index in [0.29, 0.717) is 5.56 Å². The third kappa shape index (κ3) is 2.31. The number of rotatable bonds is 3. The van der Waals surface area contributed by atoms with E-state index >= 15 is 0 Å². The van der Waals surface area contributed by atoms with E-state index in [1.165, 1.54) is 13.8 Å². The molecule has 1 amide bonds. The summed E-state index contributed by atoms with van der Waals surface area (Å²) in [6.45, 7) is 2.91. The third-order valence-electron chi connectivity index (χ3n) is 3.10. The molecule has 0 aliphatic rings. The zero-order chi connectivity index (χ0) is 14.2. The summed E-state index contributed by atoms with van der Waals surface area (Å²) in [5.41, 5.74) is 0.113. The molecule has 5 nitrogen and oxygen atoms in total. The molecule has 0 unspecified atom stereocenters. The van der Waals surface area contributed by atoms with Crippen molar-refractivity contribution in [2.24, 2.45) is 7.05 Å². The van der Waals surface area contributed by atoms with Crippen molar-refractivity contribution < 1.29 is 14.7 Å². The van der Waals surface area contributed by atoms with Gasteiger partial charge in [0, 0.05) is 24.1 Å². The molecule has 100 valence electrons. The number of benzene rings is 1. The van der Waals surface area contributed by atoms with Crippen molar-refractivity contribution in [3.05, 3.63) is 36.0 Å². The maximum absolute atomic E-state index is 12.2. The summed E-state index contributed by atoms with van der Waals surface area (Å²) < 4.78 is 1.85. The highest BCUT2D eigenvalue weighted by molar-refractivity contribution is 6.08. The molecule has 0 atom stereocenters. The van der Waals surface area contributed by atoms with Crippen molar-refractivity contribution in [1.82, 2.24) is 9.88 Å². The van der Waals surface area contributed by atoms with Crippen LogP contribution < -0.4 is 5.32 Å². The zero-order valence-electron chi connectivity index (χ0n) is 11.1. The largest absolute Gasteiger partial charge is 0.480 e. The molecule has 0 aliphatic carbocycles. The zero-order valence-corrected chi connectivity index (χ0v) is 11.1. The van der Waals surface area contributed by atoms with E-state index < -0.39 is 11.5 Å². The Labute approximate surface area is 110 Å². The van der Waals surface area contributed by atoms with Crippen LogP contribution >= 0.6 is 0 Å². The van der Waals surface area contributed by atoms with Crippen LogP contribution in [0, 0.1) is 0 Å². The second-order valence-corrected chi connectivity index (χ2v) is 5.06. The summed E-state index contributed by atoms with van der Waals surface area (Å²) in [6.07, 6.45) is 1.71. The SMILES string of the molecule is Cn1cc(C(=O)NC(C)(C)C(=O)O)c2ccccc21. The third-order valence-corrected chi connectivity index (χ3v) is 3.10. The first-order chi connectivity index (χ1) is 8.83. The summed E-state index contributed by atoms with van der Waals surface area (Å²) in [6, 6.07) is 7.50. The molecule has 19 heavy (non-hydrogen) atoms. The summed E-state index contributed by atoms with van der Waals surface area (Å²) in [4.78, 5) is 23.2. The Balaban J connectivity index is 2.40. The Hall–Kier alpha value is -2.30. The smallest absolute Gasteiger partial charge is 0.328 e. The molecule has 1 aromatic carbocycles. The minimum Gasteiger partial charge on any atom is -0.480 e. The van der Waals surface area contributed by atoms with Gasteiger partial charge in [0.05, 0.1) is 5.56 Å². The Morgan fingerprint density at radius 3 is 2.53 bits per heavy atom. The number of aliphatic carboxylic acids is 1. The highest BCUT2D eigenvalue weighted by Crippen LogP contribution is 2.20. The lowest BCUT2D eigenvalue weighted by molar-refractivity contribution is -0.143. The normalized spacial score (nSPS) is 11.5. The minimum atomic E-state index is -1.30. The number of fused-ring (bicyclic) bond motifs is 1. The average molecular weight is 260 g/mol. The van der Waals surface area contributed by atoms with Gasteiger partial charge in [-0.05, 0) is 19.9 Å². The van der Waals surface area contributed by atoms with Gasteiger partial charge in [0.25, 0.3) is 5.91 Å². The van der Waals surface area contributed by atoms with E-state index in [4.69, 9.17) is 5.11 Å². The molecular formula is C14H16N2O3. The topological polar surface area (TPSA) is 71.3 Å². The van der Waals surface area contributed by atoms with Gasteiger partial charge in [-0.25, -0.2) is 4.79 Å². The number of carboxylic acids is 1. The Bertz CT molecular complexity index is 656. The van der Waals surface area contributed by atoms with Gasteiger partial charge in [-0.2, -0.15) is 0 Å². The van der Waals surface area contributed by atoms with Gasteiger partial charge in [0.2, 0.25) is 0 Å². The summed E-state index contributed by atoms with van der Waals surface area (Å²) in [5.74, 6) is -1.45. The number of carbonyl (C=O) groups is 2. The van der Waals surface area contributed by atoms with Crippen LogP contribution in [0.25, 0.3) is 10.9 Å². The van der Waals surface area contributed by atoms with Crippen LogP contribution in [-0.2, 0) is 11.8 Å². The number of amides is 1. The second kappa shape index (κ2) is 4.42. The number of nitrogens with zero attached hydrogens (tertiary/aromatic N) is 1. The van der Waals surface area contributed by atoms with Crippen molar-refractivity contribution in [2.45, 2.75) is 19.4 Å². The first kappa shape index (κ1) is 13.1. The van der Waals surface area contributed by atoms with Crippen LogP contribution in [0.1, 0.15) is 24.2 Å². The molecule has 2 rings (SSSR count). The lowest BCUT2D eigenvalue weighted by atomic mass is 10.1. The van der Waals surface area contributed by atoms with E-state index in [0.717, 1.165) is 10.9 Å². The summed E-state index contributed by atoms with van der Waals surface area (Å²) in [7, 11) is 1.85. The Morgan fingerprint density at radius 1 is 1.26 bits per heavy atom. The lowest BCUT2D eigenvalue weighted by Crippen LogP contribution is -2.49. The first-order valence-corrected chi connectivity index (χ1v) is 5.93.